The monoisotopic (exact) mass is 142 g/mol. The van der Waals surface area contributed by atoms with Crippen LogP contribution in [-0.2, 0) is 0 Å². The van der Waals surface area contributed by atoms with Gasteiger partial charge in [0.25, 0.3) is 0 Å². The summed E-state index contributed by atoms with van der Waals surface area (Å²) in [7, 11) is 0. The second kappa shape index (κ2) is 3.68. The zero-order valence-corrected chi connectivity index (χ0v) is 3.96. The number of nitrogens with zero attached hydrogens (tertiary/aromatic N) is 1. The number of halogens is 1. The Kier molecular flexibility index (Phi) is 6.49. The van der Waals surface area contributed by atoms with Gasteiger partial charge in [-0.1, -0.05) is 0 Å². The molecular weight excluding hydrogens is 140 g/mol. The molecule has 0 aliphatic heterocycles. The topological polar surface area (TPSA) is 69.2 Å². The van der Waals surface area contributed by atoms with Gasteiger partial charge >= 0.3 is 0 Å². The van der Waals surface area contributed by atoms with Gasteiger partial charge in [-0.2, -0.15) is 5.84 Å². The van der Waals surface area contributed by atoms with E-state index in [9.17, 15) is 0 Å². The Morgan fingerprint density at radius 2 is 1.80 bits per heavy atom. The van der Waals surface area contributed by atoms with Crippen molar-refractivity contribution in [1.29, 1.82) is 0 Å². The lowest BCUT2D eigenvalue weighted by Gasteiger charge is -1.61. The van der Waals surface area contributed by atoms with Gasteiger partial charge in [-0.3, -0.25) is 0 Å². The molecule has 0 aromatic heterocycles. The highest BCUT2D eigenvalue weighted by Crippen LogP contribution is 1.29. The molecule has 0 atom stereocenters. The first-order valence-electron chi connectivity index (χ1n) is 0.623. The first-order valence-corrected chi connectivity index (χ1v) is 0.623. The number of nitrogens with two attached hydrogens (primary N) is 1. The van der Waals surface area contributed by atoms with Crippen LogP contribution in [0.5, 0.6) is 0 Å². The van der Waals surface area contributed by atoms with Crippen molar-refractivity contribution >= 4 is 17.0 Å². The van der Waals surface area contributed by atoms with Crippen LogP contribution in [0.15, 0.2) is 0 Å². The van der Waals surface area contributed by atoms with Crippen LogP contribution >= 0.6 is 17.0 Å². The summed E-state index contributed by atoms with van der Waals surface area (Å²) in [6.07, 6.45) is 0. The summed E-state index contributed by atoms with van der Waals surface area (Å²) < 4.78 is 0. The molecule has 0 radical (unpaired) electrons. The van der Waals surface area contributed by atoms with Crippen molar-refractivity contribution in [2.75, 3.05) is 0 Å². The lowest BCUT2D eigenvalue weighted by molar-refractivity contribution is -0.491. The first-order chi connectivity index (χ1) is 1.73. The molecule has 0 bridgehead atoms. The normalized spacial score (nSPS) is 4.80. The van der Waals surface area contributed by atoms with E-state index in [1.54, 1.807) is 0 Å². The minimum atomic E-state index is -1.00. The molecule has 0 spiro atoms. The molecule has 0 unspecified atom stereocenters. The maximum absolute atomic E-state index is 8.58. The molecule has 0 saturated carbocycles. The highest BCUT2D eigenvalue weighted by atomic mass is 79.9. The minimum Gasteiger partial charge on any atom is -0.235 e. The molecule has 0 rings (SSSR count). The summed E-state index contributed by atoms with van der Waals surface area (Å²) in [5.74, 6) is 3.83. The molecule has 32 valence electrons. The zero-order chi connectivity index (χ0) is 3.58. The van der Waals surface area contributed by atoms with E-state index in [-0.39, 0.29) is 17.0 Å². The average molecular weight is 143 g/mol. The van der Waals surface area contributed by atoms with Crippen molar-refractivity contribution in [2.45, 2.75) is 0 Å². The van der Waals surface area contributed by atoms with Crippen LogP contribution in [0.2, 0.25) is 0 Å². The Hall–Kier alpha value is -0.320. The van der Waals surface area contributed by atoms with Crippen molar-refractivity contribution in [2.24, 2.45) is 5.84 Å². The molecule has 0 amide bonds. The molecule has 0 aromatic rings. The summed E-state index contributed by atoms with van der Waals surface area (Å²) in [5, 5.41) is 7.58. The molecule has 5 heavy (non-hydrogen) atoms. The van der Waals surface area contributed by atoms with E-state index in [0.29, 0.717) is 0 Å². The van der Waals surface area contributed by atoms with Crippen molar-refractivity contribution in [3.8, 4) is 0 Å². The van der Waals surface area contributed by atoms with Crippen molar-refractivity contribution < 1.29 is 5.03 Å². The molecule has 0 aromatic carbocycles. The summed E-state index contributed by atoms with van der Waals surface area (Å²) >= 11 is 0. The number of rotatable bonds is 0. The lowest BCUT2D eigenvalue weighted by atomic mass is 12.8. The third-order valence-corrected chi connectivity index (χ3v) is 0. The van der Waals surface area contributed by atoms with Crippen LogP contribution < -0.4 is 5.84 Å². The van der Waals surface area contributed by atoms with Gasteiger partial charge < -0.3 is 0 Å². The second-order valence-corrected chi connectivity index (χ2v) is 0.285. The van der Waals surface area contributed by atoms with Crippen molar-refractivity contribution in [3.63, 3.8) is 0 Å². The third-order valence-electron chi connectivity index (χ3n) is 0. The van der Waals surface area contributed by atoms with E-state index in [1.165, 1.54) is 0 Å². The molecule has 2 N–H and O–H groups in total. The summed E-state index contributed by atoms with van der Waals surface area (Å²) in [6.45, 7) is 0. The molecule has 0 saturated heterocycles. The Labute approximate surface area is 38.9 Å². The van der Waals surface area contributed by atoms with Crippen LogP contribution in [-0.4, -0.2) is 5.03 Å². The van der Waals surface area contributed by atoms with Gasteiger partial charge in [0, 0.05) is 0 Å². The largest absolute Gasteiger partial charge is 0.235 e. The van der Waals surface area contributed by atoms with Crippen LogP contribution in [0.25, 0.3) is 0 Å². The highest BCUT2D eigenvalue weighted by Gasteiger charge is 1.57. The van der Waals surface area contributed by atoms with E-state index >= 15 is 0 Å². The maximum Gasteiger partial charge on any atom is 0.154 e. The first kappa shape index (κ1) is 8.82. The smallest absolute Gasteiger partial charge is 0.154 e. The van der Waals surface area contributed by atoms with Gasteiger partial charge in [0.1, 0.15) is 0 Å². The van der Waals surface area contributed by atoms with E-state index in [1.807, 2.05) is 0 Å². The summed E-state index contributed by atoms with van der Waals surface area (Å²) in [5.41, 5.74) is 0. The van der Waals surface area contributed by atoms with E-state index < -0.39 is 5.03 Å². The molecule has 0 heterocycles. The van der Waals surface area contributed by atoms with Crippen LogP contribution in [0.3, 0.4) is 0 Å². The zero-order valence-electron chi connectivity index (χ0n) is 2.25. The molecule has 4 nitrogen and oxygen atoms in total. The van der Waals surface area contributed by atoms with Gasteiger partial charge in [0.15, 0.2) is 5.03 Å². The number of hydrogen-bond acceptors (Lipinski definition) is 2. The van der Waals surface area contributed by atoms with Crippen molar-refractivity contribution in [3.05, 3.63) is 10.1 Å². The van der Waals surface area contributed by atoms with Gasteiger partial charge in [-0.05, 0) is 0 Å². The fourth-order valence-corrected chi connectivity index (χ4v) is 0. The standard InChI is InChI=1S/BrH.H2N2O2/c;1-2(3)4/h1H;1H2. The Morgan fingerprint density at radius 3 is 1.80 bits per heavy atom. The Bertz CT molecular complexity index is 30.6. The van der Waals surface area contributed by atoms with E-state index in [4.69, 9.17) is 10.1 Å². The van der Waals surface area contributed by atoms with Gasteiger partial charge in [0.05, 0.1) is 0 Å². The Morgan fingerprint density at radius 1 is 1.80 bits per heavy atom. The van der Waals surface area contributed by atoms with Crippen LogP contribution in [0, 0.1) is 10.1 Å². The maximum atomic E-state index is 8.58. The Balaban J connectivity index is 0. The predicted molar refractivity (Wildman–Crippen MR) is 21.5 cm³/mol. The number of hydrazine groups is 1. The second-order valence-electron chi connectivity index (χ2n) is 0.285. The van der Waals surface area contributed by atoms with Crippen LogP contribution in [0.1, 0.15) is 0 Å². The third kappa shape index (κ3) is 101. The van der Waals surface area contributed by atoms with Crippen LogP contribution in [0.4, 0.5) is 0 Å². The molecule has 0 fully saturated rings. The number of hydrogen-bond donors (Lipinski definition) is 1. The van der Waals surface area contributed by atoms with Gasteiger partial charge in [-0.25, -0.2) is 10.1 Å². The minimum absolute atomic E-state index is 0. The summed E-state index contributed by atoms with van der Waals surface area (Å²) in [6, 6.07) is 0. The van der Waals surface area contributed by atoms with Gasteiger partial charge in [-0.15, -0.1) is 17.0 Å². The predicted octanol–water partition coefficient (Wildman–Crippen LogP) is -0.285. The fraction of sp³-hybridized carbons (Fsp3) is 0. The van der Waals surface area contributed by atoms with Gasteiger partial charge in [0.2, 0.25) is 0 Å². The highest BCUT2D eigenvalue weighted by molar-refractivity contribution is 8.93. The van der Waals surface area contributed by atoms with E-state index in [2.05, 4.69) is 5.84 Å². The molecule has 0 aliphatic carbocycles. The van der Waals surface area contributed by atoms with E-state index in [0.717, 1.165) is 0 Å². The fourth-order valence-electron chi connectivity index (χ4n) is 0. The molecular formula is H3BrN2O2. The average Bonchev–Trinajstić information content (AvgIpc) is 0.811. The molecule has 5 heteroatoms. The number of nitro groups is 1. The van der Waals surface area contributed by atoms with Crippen molar-refractivity contribution in [1.82, 2.24) is 0 Å². The lowest BCUT2D eigenvalue weighted by Crippen LogP contribution is -2.04. The molecule has 0 aliphatic rings. The SMILES string of the molecule is Br.N[N+](=O)[O-]. The summed E-state index contributed by atoms with van der Waals surface area (Å²) in [4.78, 5) is 8.58. The quantitative estimate of drug-likeness (QED) is 0.288.